The highest BCUT2D eigenvalue weighted by Crippen LogP contribution is 2.10. The molecule has 0 aliphatic heterocycles. The zero-order chi connectivity index (χ0) is 15.9. The van der Waals surface area contributed by atoms with Crippen LogP contribution in [0.1, 0.15) is 21.8 Å². The van der Waals surface area contributed by atoms with Crippen LogP contribution in [-0.4, -0.2) is 29.9 Å². The van der Waals surface area contributed by atoms with Crippen molar-refractivity contribution in [2.24, 2.45) is 4.99 Å². The highest BCUT2D eigenvalue weighted by atomic mass is 127. The number of nitriles is 1. The van der Waals surface area contributed by atoms with E-state index in [2.05, 4.69) is 26.7 Å². The lowest BCUT2D eigenvalue weighted by molar-refractivity contribution is 0.470. The van der Waals surface area contributed by atoms with Crippen molar-refractivity contribution in [1.82, 2.24) is 15.2 Å². The lowest BCUT2D eigenvalue weighted by atomic mass is 10.1. The van der Waals surface area contributed by atoms with E-state index in [4.69, 9.17) is 5.26 Å². The van der Waals surface area contributed by atoms with Crippen molar-refractivity contribution in [2.75, 3.05) is 14.1 Å². The average molecular weight is 441 g/mol. The summed E-state index contributed by atoms with van der Waals surface area (Å²) in [5, 5.41) is 15.4. The number of hydrogen-bond acceptors (Lipinski definition) is 4. The van der Waals surface area contributed by atoms with Crippen LogP contribution in [0.4, 0.5) is 0 Å². The molecule has 0 amide bonds. The van der Waals surface area contributed by atoms with Crippen LogP contribution in [-0.2, 0) is 13.1 Å². The molecule has 0 saturated carbocycles. The summed E-state index contributed by atoms with van der Waals surface area (Å²) < 4.78 is 0. The van der Waals surface area contributed by atoms with Crippen LogP contribution in [0.5, 0.6) is 0 Å². The second-order valence-corrected chi connectivity index (χ2v) is 5.99. The first-order chi connectivity index (χ1) is 10.6. The van der Waals surface area contributed by atoms with Gasteiger partial charge in [-0.05, 0) is 24.6 Å². The second kappa shape index (κ2) is 9.47. The van der Waals surface area contributed by atoms with Gasteiger partial charge < -0.3 is 10.2 Å². The number of hydrogen-bond donors (Lipinski definition) is 1. The first-order valence-corrected chi connectivity index (χ1v) is 7.82. The first kappa shape index (κ1) is 19.4. The van der Waals surface area contributed by atoms with E-state index in [9.17, 15) is 0 Å². The van der Waals surface area contributed by atoms with Gasteiger partial charge in [-0.15, -0.1) is 35.3 Å². The van der Waals surface area contributed by atoms with E-state index in [1.165, 1.54) is 0 Å². The molecule has 5 nitrogen and oxygen atoms in total. The molecule has 0 aliphatic rings. The van der Waals surface area contributed by atoms with Crippen LogP contribution >= 0.6 is 35.3 Å². The quantitative estimate of drug-likeness (QED) is 0.450. The number of thiazole rings is 1. The van der Waals surface area contributed by atoms with Crippen LogP contribution < -0.4 is 5.32 Å². The predicted octanol–water partition coefficient (Wildman–Crippen LogP) is 3.15. The molecular formula is C16H20IN5S. The average Bonchev–Trinajstić information content (AvgIpc) is 2.93. The van der Waals surface area contributed by atoms with Crippen LogP contribution in [0.3, 0.4) is 0 Å². The summed E-state index contributed by atoms with van der Waals surface area (Å²) in [6, 6.07) is 9.71. The molecule has 2 rings (SSSR count). The molecule has 122 valence electrons. The Morgan fingerprint density at radius 2 is 2.26 bits per heavy atom. The van der Waals surface area contributed by atoms with Crippen molar-refractivity contribution < 1.29 is 0 Å². The molecule has 23 heavy (non-hydrogen) atoms. The highest BCUT2D eigenvalue weighted by Gasteiger charge is 2.08. The summed E-state index contributed by atoms with van der Waals surface area (Å²) in [7, 11) is 3.74. The van der Waals surface area contributed by atoms with E-state index in [1.54, 1.807) is 24.5 Å². The first-order valence-electron chi connectivity index (χ1n) is 6.94. The SMILES string of the molecule is CN=C(NCc1cccc(C#N)c1)N(C)Cc1csc(C)n1.I. The van der Waals surface area contributed by atoms with Crippen molar-refractivity contribution in [1.29, 1.82) is 5.26 Å². The number of nitrogens with one attached hydrogen (secondary N) is 1. The molecule has 0 fully saturated rings. The molecule has 0 unspecified atom stereocenters. The van der Waals surface area contributed by atoms with E-state index in [0.29, 0.717) is 18.7 Å². The molecule has 0 saturated heterocycles. The highest BCUT2D eigenvalue weighted by molar-refractivity contribution is 14.0. The van der Waals surface area contributed by atoms with E-state index >= 15 is 0 Å². The van der Waals surface area contributed by atoms with Crippen molar-refractivity contribution in [3.8, 4) is 6.07 Å². The van der Waals surface area contributed by atoms with Crippen molar-refractivity contribution in [2.45, 2.75) is 20.0 Å². The van der Waals surface area contributed by atoms with Gasteiger partial charge in [0.2, 0.25) is 0 Å². The van der Waals surface area contributed by atoms with Gasteiger partial charge in [0.05, 0.1) is 28.9 Å². The van der Waals surface area contributed by atoms with Crippen LogP contribution in [0.2, 0.25) is 0 Å². The molecule has 0 aliphatic carbocycles. The minimum absolute atomic E-state index is 0. The number of benzene rings is 1. The Kier molecular flexibility index (Phi) is 7.98. The van der Waals surface area contributed by atoms with Crippen LogP contribution in [0.15, 0.2) is 34.6 Å². The fourth-order valence-corrected chi connectivity index (χ4v) is 2.72. The second-order valence-electron chi connectivity index (χ2n) is 4.93. The largest absolute Gasteiger partial charge is 0.352 e. The summed E-state index contributed by atoms with van der Waals surface area (Å²) in [6.45, 7) is 3.34. The number of nitrogens with zero attached hydrogens (tertiary/aromatic N) is 4. The van der Waals surface area contributed by atoms with Gasteiger partial charge in [0.25, 0.3) is 0 Å². The lowest BCUT2D eigenvalue weighted by Gasteiger charge is -2.21. The van der Waals surface area contributed by atoms with Gasteiger partial charge in [0.15, 0.2) is 5.96 Å². The third-order valence-corrected chi connectivity index (χ3v) is 3.97. The Labute approximate surface area is 158 Å². The maximum Gasteiger partial charge on any atom is 0.194 e. The fraction of sp³-hybridized carbons (Fsp3) is 0.312. The zero-order valence-corrected chi connectivity index (χ0v) is 16.6. The molecule has 1 aromatic heterocycles. The Morgan fingerprint density at radius 1 is 1.48 bits per heavy atom. The molecule has 2 aromatic rings. The van der Waals surface area contributed by atoms with Crippen molar-refractivity contribution in [3.63, 3.8) is 0 Å². The Bertz CT molecular complexity index is 704. The van der Waals surface area contributed by atoms with Crippen LogP contribution in [0.25, 0.3) is 0 Å². The summed E-state index contributed by atoms with van der Waals surface area (Å²) in [4.78, 5) is 10.8. The van der Waals surface area contributed by atoms with Gasteiger partial charge in [0.1, 0.15) is 0 Å². The Balaban J connectivity index is 0.00000264. The monoisotopic (exact) mass is 441 g/mol. The minimum atomic E-state index is 0. The third-order valence-electron chi connectivity index (χ3n) is 3.15. The van der Waals surface area contributed by atoms with Gasteiger partial charge in [-0.25, -0.2) is 4.98 Å². The Morgan fingerprint density at radius 3 is 2.87 bits per heavy atom. The third kappa shape index (κ3) is 5.80. The van der Waals surface area contributed by atoms with E-state index < -0.39 is 0 Å². The van der Waals surface area contributed by atoms with Crippen molar-refractivity contribution in [3.05, 3.63) is 51.5 Å². The summed E-state index contributed by atoms with van der Waals surface area (Å²) in [5.41, 5.74) is 2.76. The molecule has 1 aromatic carbocycles. The maximum absolute atomic E-state index is 8.93. The van der Waals surface area contributed by atoms with Gasteiger partial charge >= 0.3 is 0 Å². The van der Waals surface area contributed by atoms with E-state index in [-0.39, 0.29) is 24.0 Å². The zero-order valence-electron chi connectivity index (χ0n) is 13.4. The molecule has 7 heteroatoms. The number of aromatic nitrogens is 1. The van der Waals surface area contributed by atoms with Gasteiger partial charge in [-0.3, -0.25) is 4.99 Å². The molecule has 0 atom stereocenters. The topological polar surface area (TPSA) is 64.3 Å². The molecule has 0 radical (unpaired) electrons. The van der Waals surface area contributed by atoms with Gasteiger partial charge in [-0.2, -0.15) is 5.26 Å². The Hall–Kier alpha value is -1.66. The number of halogens is 1. The van der Waals surface area contributed by atoms with E-state index in [0.717, 1.165) is 22.2 Å². The predicted molar refractivity (Wildman–Crippen MR) is 105 cm³/mol. The molecule has 1 heterocycles. The van der Waals surface area contributed by atoms with Crippen LogP contribution in [0, 0.1) is 18.3 Å². The van der Waals surface area contributed by atoms with Crippen molar-refractivity contribution >= 4 is 41.3 Å². The summed E-state index contributed by atoms with van der Waals surface area (Å²) in [6.07, 6.45) is 0. The maximum atomic E-state index is 8.93. The number of rotatable bonds is 4. The molecule has 0 bridgehead atoms. The number of aliphatic imine (C=N–C) groups is 1. The smallest absolute Gasteiger partial charge is 0.194 e. The normalized spacial score (nSPS) is 10.6. The minimum Gasteiger partial charge on any atom is -0.352 e. The molecule has 1 N–H and O–H groups in total. The number of guanidine groups is 1. The van der Waals surface area contributed by atoms with Gasteiger partial charge in [0, 0.05) is 26.0 Å². The fourth-order valence-electron chi connectivity index (χ4n) is 2.12. The molecular weight excluding hydrogens is 421 g/mol. The standard InChI is InChI=1S/C16H19N5S.HI/c1-12-20-15(11-22-12)10-21(3)16(18-2)19-9-14-6-4-5-13(7-14)8-17;/h4-7,11H,9-10H2,1-3H3,(H,18,19);1H. The van der Waals surface area contributed by atoms with E-state index in [1.807, 2.05) is 37.1 Å². The lowest BCUT2D eigenvalue weighted by Crippen LogP contribution is -2.38. The van der Waals surface area contributed by atoms with Gasteiger partial charge in [-0.1, -0.05) is 12.1 Å². The summed E-state index contributed by atoms with van der Waals surface area (Å²) in [5.74, 6) is 0.799. The number of aryl methyl sites for hydroxylation is 1. The molecule has 0 spiro atoms. The summed E-state index contributed by atoms with van der Waals surface area (Å²) >= 11 is 1.65.